The molecule has 1 heterocycles. The number of aromatic nitrogens is 1. The lowest BCUT2D eigenvalue weighted by molar-refractivity contribution is -0.137. The lowest BCUT2D eigenvalue weighted by atomic mass is 10.1. The molecule has 4 nitrogen and oxygen atoms in total. The number of nitrogens with zero attached hydrogens (tertiary/aromatic N) is 1. The Kier molecular flexibility index (Phi) is 4.52. The molecule has 0 radical (unpaired) electrons. The number of halogens is 3. The molecule has 1 rings (SSSR count). The Balaban J connectivity index is 2.97. The topological polar surface area (TPSA) is 74.8 Å². The zero-order chi connectivity index (χ0) is 14.6. The molecule has 0 aliphatic heterocycles. The molecule has 0 bridgehead atoms. The van der Waals surface area contributed by atoms with E-state index in [-0.39, 0.29) is 17.3 Å². The van der Waals surface area contributed by atoms with Crippen molar-refractivity contribution in [2.45, 2.75) is 26.1 Å². The molecule has 1 aromatic rings. The van der Waals surface area contributed by atoms with Crippen LogP contribution in [0.3, 0.4) is 0 Å². The van der Waals surface area contributed by atoms with Crippen molar-refractivity contribution in [3.8, 4) is 0 Å². The van der Waals surface area contributed by atoms with E-state index in [1.807, 2.05) is 13.8 Å². The summed E-state index contributed by atoms with van der Waals surface area (Å²) in [6, 6.07) is 1.00. The second kappa shape index (κ2) is 5.73. The second-order valence-corrected chi connectivity index (χ2v) is 4.22. The van der Waals surface area contributed by atoms with E-state index >= 15 is 0 Å². The van der Waals surface area contributed by atoms with Crippen LogP contribution in [-0.2, 0) is 6.18 Å². The van der Waals surface area contributed by atoms with Gasteiger partial charge in [0.25, 0.3) is 0 Å². The van der Waals surface area contributed by atoms with Crippen LogP contribution in [0.15, 0.2) is 24.5 Å². The van der Waals surface area contributed by atoms with Gasteiger partial charge in [-0.05, 0) is 32.2 Å². The minimum Gasteiger partial charge on any atom is -0.389 e. The largest absolute Gasteiger partial charge is 0.419 e. The number of anilines is 1. The molecule has 0 aliphatic rings. The quantitative estimate of drug-likeness (QED) is 0.737. The Labute approximate surface area is 109 Å². The molecular formula is C12H15F3N4. The normalized spacial score (nSPS) is 12.1. The molecule has 19 heavy (non-hydrogen) atoms. The monoisotopic (exact) mass is 272 g/mol. The number of nitrogens with one attached hydrogen (secondary N) is 2. The minimum absolute atomic E-state index is 0.0586. The highest BCUT2D eigenvalue weighted by atomic mass is 19.4. The molecule has 0 saturated carbocycles. The van der Waals surface area contributed by atoms with Gasteiger partial charge in [-0.3, -0.25) is 0 Å². The Bertz CT molecular complexity index is 492. The van der Waals surface area contributed by atoms with Gasteiger partial charge in [-0.1, -0.05) is 0 Å². The maximum atomic E-state index is 12.6. The van der Waals surface area contributed by atoms with Crippen molar-refractivity contribution >= 4 is 11.5 Å². The molecule has 7 heteroatoms. The number of rotatable bonds is 4. The molecule has 0 amide bonds. The Morgan fingerprint density at radius 2 is 2.11 bits per heavy atom. The molecule has 0 spiro atoms. The van der Waals surface area contributed by atoms with E-state index in [1.54, 1.807) is 0 Å². The minimum atomic E-state index is -4.58. The number of alkyl halides is 3. The van der Waals surface area contributed by atoms with Crippen LogP contribution < -0.4 is 11.1 Å². The molecule has 0 atom stereocenters. The zero-order valence-corrected chi connectivity index (χ0v) is 10.5. The maximum absolute atomic E-state index is 12.6. The summed E-state index contributed by atoms with van der Waals surface area (Å²) >= 11 is 0. The standard InChI is InChI=1S/C12H15F3N4/c1-7(2)18-4-3-10(16)8-5-9(12(13,14)15)11(17)19-6-8/h3-7,16,18H,1-2H3,(H2,17,19)/b4-3-,16-10?. The van der Waals surface area contributed by atoms with Crippen LogP contribution in [0.5, 0.6) is 0 Å². The summed E-state index contributed by atoms with van der Waals surface area (Å²) < 4.78 is 37.9. The predicted octanol–water partition coefficient (Wildman–Crippen LogP) is 2.56. The molecule has 0 unspecified atom stereocenters. The molecule has 0 saturated heterocycles. The molecule has 104 valence electrons. The zero-order valence-electron chi connectivity index (χ0n) is 10.5. The van der Waals surface area contributed by atoms with Crippen LogP contribution in [0.25, 0.3) is 0 Å². The number of nitrogens with two attached hydrogens (primary N) is 1. The summed E-state index contributed by atoms with van der Waals surface area (Å²) in [4.78, 5) is 3.47. The van der Waals surface area contributed by atoms with E-state index in [0.717, 1.165) is 12.3 Å². The van der Waals surface area contributed by atoms with Crippen LogP contribution in [0, 0.1) is 5.41 Å². The van der Waals surface area contributed by atoms with E-state index in [2.05, 4.69) is 10.3 Å². The van der Waals surface area contributed by atoms with Gasteiger partial charge in [-0.15, -0.1) is 0 Å². The number of hydrogen-bond acceptors (Lipinski definition) is 4. The number of nitrogen functional groups attached to an aromatic ring is 1. The highest BCUT2D eigenvalue weighted by molar-refractivity contribution is 6.06. The second-order valence-electron chi connectivity index (χ2n) is 4.22. The summed E-state index contributed by atoms with van der Waals surface area (Å²) in [5.74, 6) is -0.590. The highest BCUT2D eigenvalue weighted by Crippen LogP contribution is 2.32. The molecular weight excluding hydrogens is 257 g/mol. The van der Waals surface area contributed by atoms with E-state index in [9.17, 15) is 13.2 Å². The van der Waals surface area contributed by atoms with E-state index in [1.165, 1.54) is 12.3 Å². The molecule has 1 aromatic heterocycles. The summed E-state index contributed by atoms with van der Waals surface area (Å²) in [6.45, 7) is 3.81. The van der Waals surface area contributed by atoms with Crippen molar-refractivity contribution in [3.05, 3.63) is 35.7 Å². The first-order valence-electron chi connectivity index (χ1n) is 5.56. The molecule has 4 N–H and O–H groups in total. The van der Waals surface area contributed by atoms with Crippen molar-refractivity contribution in [2.75, 3.05) is 5.73 Å². The molecule has 0 aliphatic carbocycles. The van der Waals surface area contributed by atoms with Gasteiger partial charge in [0.2, 0.25) is 0 Å². The third kappa shape index (κ3) is 4.27. The lowest BCUT2D eigenvalue weighted by Gasteiger charge is -2.10. The summed E-state index contributed by atoms with van der Waals surface area (Å²) in [6.07, 6.45) is -0.552. The average Bonchev–Trinajstić information content (AvgIpc) is 2.27. The summed E-state index contributed by atoms with van der Waals surface area (Å²) in [5, 5.41) is 10.6. The fourth-order valence-electron chi connectivity index (χ4n) is 1.27. The van der Waals surface area contributed by atoms with Crippen LogP contribution in [0.1, 0.15) is 25.0 Å². The first kappa shape index (κ1) is 15.0. The summed E-state index contributed by atoms with van der Waals surface area (Å²) in [7, 11) is 0. The van der Waals surface area contributed by atoms with E-state index in [0.29, 0.717) is 0 Å². The number of allylic oxidation sites excluding steroid dienone is 1. The highest BCUT2D eigenvalue weighted by Gasteiger charge is 2.34. The Hall–Kier alpha value is -2.05. The lowest BCUT2D eigenvalue weighted by Crippen LogP contribution is -2.16. The van der Waals surface area contributed by atoms with Gasteiger partial charge >= 0.3 is 6.18 Å². The third-order valence-electron chi connectivity index (χ3n) is 2.21. The smallest absolute Gasteiger partial charge is 0.389 e. The van der Waals surface area contributed by atoms with Crippen LogP contribution in [-0.4, -0.2) is 16.7 Å². The first-order chi connectivity index (χ1) is 8.71. The summed E-state index contributed by atoms with van der Waals surface area (Å²) in [5.41, 5.74) is 4.14. The Morgan fingerprint density at radius 3 is 2.63 bits per heavy atom. The molecule has 0 aromatic carbocycles. The van der Waals surface area contributed by atoms with Crippen LogP contribution in [0.2, 0.25) is 0 Å². The van der Waals surface area contributed by atoms with Gasteiger partial charge in [-0.2, -0.15) is 13.2 Å². The van der Waals surface area contributed by atoms with Gasteiger partial charge in [0.05, 0.1) is 11.3 Å². The van der Waals surface area contributed by atoms with Gasteiger partial charge in [0.1, 0.15) is 5.82 Å². The van der Waals surface area contributed by atoms with Crippen molar-refractivity contribution in [3.63, 3.8) is 0 Å². The van der Waals surface area contributed by atoms with Gasteiger partial charge in [0, 0.05) is 17.8 Å². The average molecular weight is 272 g/mol. The fourth-order valence-corrected chi connectivity index (χ4v) is 1.27. The van der Waals surface area contributed by atoms with Gasteiger partial charge < -0.3 is 16.5 Å². The fraction of sp³-hybridized carbons (Fsp3) is 0.333. The van der Waals surface area contributed by atoms with Crippen LogP contribution in [0.4, 0.5) is 19.0 Å². The van der Waals surface area contributed by atoms with Gasteiger partial charge in [-0.25, -0.2) is 4.98 Å². The van der Waals surface area contributed by atoms with Crippen LogP contribution >= 0.6 is 0 Å². The third-order valence-corrected chi connectivity index (χ3v) is 2.21. The number of hydrogen-bond donors (Lipinski definition) is 3. The molecule has 0 fully saturated rings. The van der Waals surface area contributed by atoms with Crippen molar-refractivity contribution in [2.24, 2.45) is 0 Å². The van der Waals surface area contributed by atoms with Crippen molar-refractivity contribution < 1.29 is 13.2 Å². The Morgan fingerprint density at radius 1 is 1.47 bits per heavy atom. The van der Waals surface area contributed by atoms with Gasteiger partial charge in [0.15, 0.2) is 0 Å². The maximum Gasteiger partial charge on any atom is 0.419 e. The van der Waals surface area contributed by atoms with E-state index in [4.69, 9.17) is 11.1 Å². The van der Waals surface area contributed by atoms with E-state index < -0.39 is 17.6 Å². The predicted molar refractivity (Wildman–Crippen MR) is 67.9 cm³/mol. The first-order valence-corrected chi connectivity index (χ1v) is 5.56. The van der Waals surface area contributed by atoms with Crippen molar-refractivity contribution in [1.29, 1.82) is 5.41 Å². The van der Waals surface area contributed by atoms with Crippen molar-refractivity contribution in [1.82, 2.24) is 10.3 Å². The SMILES string of the molecule is CC(C)N/C=C\C(=N)c1cnc(N)c(C(F)(F)F)c1. The number of pyridine rings is 1.